The molecular formula is C11H16O4. The second kappa shape index (κ2) is 3.36. The first kappa shape index (κ1) is 11.8. The second-order valence-electron chi connectivity index (χ2n) is 4.77. The van der Waals surface area contributed by atoms with Crippen LogP contribution < -0.4 is 0 Å². The molecule has 0 aromatic rings. The molecule has 0 bridgehead atoms. The fourth-order valence-corrected chi connectivity index (χ4v) is 2.14. The van der Waals surface area contributed by atoms with Gasteiger partial charge in [0, 0.05) is 11.5 Å². The van der Waals surface area contributed by atoms with Gasteiger partial charge in [0.2, 0.25) is 0 Å². The molecule has 0 saturated heterocycles. The Morgan fingerprint density at radius 2 is 1.80 bits per heavy atom. The molecule has 1 rings (SSSR count). The predicted molar refractivity (Wildman–Crippen MR) is 54.5 cm³/mol. The van der Waals surface area contributed by atoms with Crippen LogP contribution >= 0.6 is 0 Å². The molecule has 2 N–H and O–H groups in total. The maximum absolute atomic E-state index is 11.2. The summed E-state index contributed by atoms with van der Waals surface area (Å²) in [5.74, 6) is -1.87. The van der Waals surface area contributed by atoms with Gasteiger partial charge in [0.05, 0.1) is 5.41 Å². The Hall–Kier alpha value is -1.32. The molecule has 0 aliphatic heterocycles. The number of allylic oxidation sites excluding steroid dienone is 1. The summed E-state index contributed by atoms with van der Waals surface area (Å²) in [6.07, 6.45) is 2.19. The monoisotopic (exact) mass is 212 g/mol. The summed E-state index contributed by atoms with van der Waals surface area (Å²) in [7, 11) is 0. The highest BCUT2D eigenvalue weighted by atomic mass is 16.4. The zero-order valence-electron chi connectivity index (χ0n) is 9.20. The van der Waals surface area contributed by atoms with Crippen molar-refractivity contribution in [3.63, 3.8) is 0 Å². The van der Waals surface area contributed by atoms with Gasteiger partial charge in [0.15, 0.2) is 0 Å². The van der Waals surface area contributed by atoms with Gasteiger partial charge in [-0.3, -0.25) is 4.79 Å². The van der Waals surface area contributed by atoms with Crippen LogP contribution in [0.3, 0.4) is 0 Å². The normalized spacial score (nSPS) is 31.8. The summed E-state index contributed by atoms with van der Waals surface area (Å²) >= 11 is 0. The molecule has 1 aliphatic carbocycles. The first-order chi connectivity index (χ1) is 6.72. The maximum atomic E-state index is 11.2. The lowest BCUT2D eigenvalue weighted by Gasteiger charge is -2.35. The second-order valence-corrected chi connectivity index (χ2v) is 4.77. The minimum absolute atomic E-state index is 0.494. The average Bonchev–Trinajstić information content (AvgIpc) is 2.29. The van der Waals surface area contributed by atoms with Crippen LogP contribution in [0.25, 0.3) is 0 Å². The number of hydrogen-bond acceptors (Lipinski definition) is 2. The number of carbonyl (C=O) groups is 2. The van der Waals surface area contributed by atoms with Crippen LogP contribution in [0.2, 0.25) is 0 Å². The molecular weight excluding hydrogens is 196 g/mol. The third-order valence-electron chi connectivity index (χ3n) is 3.85. The number of carboxylic acid groups (broad SMARTS) is 2. The Bertz CT molecular complexity index is 340. The summed E-state index contributed by atoms with van der Waals surface area (Å²) in [5.41, 5.74) is -0.759. The smallest absolute Gasteiger partial charge is 0.328 e. The average molecular weight is 212 g/mol. The van der Waals surface area contributed by atoms with E-state index in [1.165, 1.54) is 0 Å². The zero-order chi connectivity index (χ0) is 11.9. The Balaban J connectivity index is 3.15. The molecule has 1 aliphatic rings. The van der Waals surface area contributed by atoms with Crippen molar-refractivity contribution in [2.75, 3.05) is 0 Å². The van der Waals surface area contributed by atoms with Gasteiger partial charge in [-0.25, -0.2) is 4.79 Å². The van der Waals surface area contributed by atoms with E-state index in [0.717, 1.165) is 6.08 Å². The molecule has 4 nitrogen and oxygen atoms in total. The van der Waals surface area contributed by atoms with Crippen LogP contribution in [0.5, 0.6) is 0 Å². The molecule has 15 heavy (non-hydrogen) atoms. The number of hydrogen-bond donors (Lipinski definition) is 2. The third kappa shape index (κ3) is 1.64. The number of rotatable bonds is 2. The fourth-order valence-electron chi connectivity index (χ4n) is 2.14. The molecule has 0 radical (unpaired) electrons. The molecule has 0 spiro atoms. The molecule has 84 valence electrons. The van der Waals surface area contributed by atoms with Crippen molar-refractivity contribution in [2.24, 2.45) is 10.8 Å². The molecule has 0 heterocycles. The Kier molecular flexibility index (Phi) is 2.63. The third-order valence-corrected chi connectivity index (χ3v) is 3.85. The van der Waals surface area contributed by atoms with Crippen molar-refractivity contribution in [3.8, 4) is 0 Å². The van der Waals surface area contributed by atoms with Crippen LogP contribution in [0.1, 0.15) is 33.6 Å². The molecule has 0 amide bonds. The highest BCUT2D eigenvalue weighted by molar-refractivity contribution is 5.83. The van der Waals surface area contributed by atoms with Gasteiger partial charge in [-0.05, 0) is 19.8 Å². The van der Waals surface area contributed by atoms with Crippen LogP contribution in [-0.2, 0) is 9.59 Å². The van der Waals surface area contributed by atoms with Crippen molar-refractivity contribution in [3.05, 3.63) is 11.6 Å². The Labute approximate surface area is 88.6 Å². The molecule has 0 aromatic heterocycles. The van der Waals surface area contributed by atoms with Crippen molar-refractivity contribution >= 4 is 11.9 Å². The quantitative estimate of drug-likeness (QED) is 0.685. The summed E-state index contributed by atoms with van der Waals surface area (Å²) in [4.78, 5) is 21.8. The van der Waals surface area contributed by atoms with Crippen molar-refractivity contribution in [1.29, 1.82) is 0 Å². The van der Waals surface area contributed by atoms with Crippen LogP contribution in [-0.4, -0.2) is 22.2 Å². The first-order valence-electron chi connectivity index (χ1n) is 4.89. The molecule has 1 unspecified atom stereocenters. The zero-order valence-corrected chi connectivity index (χ0v) is 9.20. The minimum Gasteiger partial charge on any atom is -0.481 e. The fraction of sp³-hybridized carbons (Fsp3) is 0.636. The van der Waals surface area contributed by atoms with E-state index in [1.807, 2.05) is 0 Å². The number of aliphatic carboxylic acids is 2. The van der Waals surface area contributed by atoms with Gasteiger partial charge in [-0.15, -0.1) is 0 Å². The SMILES string of the molecule is CC1(C)C(=CC(=O)O)CCC1(C)C(=O)O. The lowest BCUT2D eigenvalue weighted by Crippen LogP contribution is -2.38. The van der Waals surface area contributed by atoms with E-state index in [0.29, 0.717) is 18.4 Å². The van der Waals surface area contributed by atoms with Gasteiger partial charge in [0.1, 0.15) is 0 Å². The van der Waals surface area contributed by atoms with E-state index in [-0.39, 0.29) is 0 Å². The van der Waals surface area contributed by atoms with Gasteiger partial charge in [0.25, 0.3) is 0 Å². The summed E-state index contributed by atoms with van der Waals surface area (Å²) < 4.78 is 0. The van der Waals surface area contributed by atoms with E-state index >= 15 is 0 Å². The van der Waals surface area contributed by atoms with Crippen molar-refractivity contribution in [2.45, 2.75) is 33.6 Å². The Morgan fingerprint density at radius 3 is 2.13 bits per heavy atom. The van der Waals surface area contributed by atoms with Crippen LogP contribution in [0.4, 0.5) is 0 Å². The molecule has 0 aromatic carbocycles. The van der Waals surface area contributed by atoms with E-state index in [2.05, 4.69) is 0 Å². The van der Waals surface area contributed by atoms with Gasteiger partial charge >= 0.3 is 11.9 Å². The molecule has 1 saturated carbocycles. The summed E-state index contributed by atoms with van der Waals surface area (Å²) in [6.45, 7) is 5.27. The van der Waals surface area contributed by atoms with E-state index < -0.39 is 22.8 Å². The van der Waals surface area contributed by atoms with Crippen LogP contribution in [0, 0.1) is 10.8 Å². The topological polar surface area (TPSA) is 74.6 Å². The highest BCUT2D eigenvalue weighted by Crippen LogP contribution is 2.55. The first-order valence-corrected chi connectivity index (χ1v) is 4.89. The van der Waals surface area contributed by atoms with E-state index in [1.54, 1.807) is 20.8 Å². The van der Waals surface area contributed by atoms with Crippen molar-refractivity contribution in [1.82, 2.24) is 0 Å². The van der Waals surface area contributed by atoms with Gasteiger partial charge in [-0.1, -0.05) is 19.4 Å². The van der Waals surface area contributed by atoms with Gasteiger partial charge < -0.3 is 10.2 Å². The lowest BCUT2D eigenvalue weighted by molar-refractivity contribution is -0.152. The highest BCUT2D eigenvalue weighted by Gasteiger charge is 2.53. The van der Waals surface area contributed by atoms with E-state index in [4.69, 9.17) is 5.11 Å². The Morgan fingerprint density at radius 1 is 1.27 bits per heavy atom. The maximum Gasteiger partial charge on any atom is 0.328 e. The molecule has 1 atom stereocenters. The lowest BCUT2D eigenvalue weighted by atomic mass is 9.68. The summed E-state index contributed by atoms with van der Waals surface area (Å²) in [6, 6.07) is 0. The van der Waals surface area contributed by atoms with E-state index in [9.17, 15) is 14.7 Å². The largest absolute Gasteiger partial charge is 0.481 e. The standard InChI is InChI=1S/C11H16O4/c1-10(2)7(6-8(12)13)4-5-11(10,3)9(14)15/h6H,4-5H2,1-3H3,(H,12,13)(H,14,15). The summed E-state index contributed by atoms with van der Waals surface area (Å²) in [5, 5.41) is 17.9. The van der Waals surface area contributed by atoms with Gasteiger partial charge in [-0.2, -0.15) is 0 Å². The van der Waals surface area contributed by atoms with Crippen molar-refractivity contribution < 1.29 is 19.8 Å². The van der Waals surface area contributed by atoms with Crippen LogP contribution in [0.15, 0.2) is 11.6 Å². The molecule has 4 heteroatoms. The number of carboxylic acids is 2. The molecule has 1 fully saturated rings. The predicted octanol–water partition coefficient (Wildman–Crippen LogP) is 1.91. The minimum atomic E-state index is -1.01.